The maximum atomic E-state index is 10.3. The Bertz CT molecular complexity index is 1890. The molecule has 9 heteroatoms. The van der Waals surface area contributed by atoms with E-state index >= 15 is 0 Å². The van der Waals surface area contributed by atoms with Gasteiger partial charge in [-0.05, 0) is 60.2 Å². The van der Waals surface area contributed by atoms with Gasteiger partial charge in [0.05, 0.1) is 92.3 Å². The Balaban J connectivity index is 2.27. The van der Waals surface area contributed by atoms with Crippen LogP contribution in [0.2, 0.25) is 0 Å². The third-order valence-corrected chi connectivity index (χ3v) is 5.83. The van der Waals surface area contributed by atoms with Crippen LogP contribution in [0.3, 0.4) is 0 Å². The van der Waals surface area contributed by atoms with E-state index in [1.54, 1.807) is 0 Å². The van der Waals surface area contributed by atoms with Crippen molar-refractivity contribution in [2.24, 2.45) is 0 Å². The number of benzene rings is 3. The van der Waals surface area contributed by atoms with Crippen molar-refractivity contribution < 1.29 is 0 Å². The molecule has 4 aromatic rings. The molecule has 0 aliphatic heterocycles. The molecule has 1 aromatic heterocycles. The van der Waals surface area contributed by atoms with Crippen molar-refractivity contribution in [1.29, 1.82) is 42.1 Å². The largest absolute Gasteiger partial charge is 0.245 e. The molecular formula is C31H9N9. The van der Waals surface area contributed by atoms with Gasteiger partial charge in [0.2, 0.25) is 0 Å². The van der Waals surface area contributed by atoms with Crippen LogP contribution in [0.4, 0.5) is 0 Å². The van der Waals surface area contributed by atoms with Crippen molar-refractivity contribution in [1.82, 2.24) is 4.98 Å². The second-order valence-corrected chi connectivity index (χ2v) is 8.23. The minimum Gasteiger partial charge on any atom is -0.245 e. The van der Waals surface area contributed by atoms with Crippen LogP contribution in [0.1, 0.15) is 44.5 Å². The molecule has 3 aromatic carbocycles. The number of hydrogen-bond donors (Lipinski definition) is 0. The Morgan fingerprint density at radius 1 is 0.350 bits per heavy atom. The summed E-state index contributed by atoms with van der Waals surface area (Å²) < 4.78 is 0. The predicted molar refractivity (Wildman–Crippen MR) is 138 cm³/mol. The standard InChI is InChI=1S/C31H9N9/c32-10-18-1-19(11-33)5-24(4-18)29-27(16-38)30(25-6-20(12-34)2-21(7-25)13-35)40-31(28(29)17-39)26-8-22(14-36)3-23(9-26)15-37/h1-9H. The highest BCUT2D eigenvalue weighted by atomic mass is 14.7. The van der Waals surface area contributed by atoms with Crippen molar-refractivity contribution in [3.8, 4) is 82.2 Å². The van der Waals surface area contributed by atoms with Gasteiger partial charge in [-0.3, -0.25) is 0 Å². The third-order valence-electron chi connectivity index (χ3n) is 5.83. The second kappa shape index (κ2) is 10.8. The molecule has 0 radical (unpaired) electrons. The van der Waals surface area contributed by atoms with Crippen LogP contribution in [0.25, 0.3) is 33.6 Å². The minimum atomic E-state index is -0.102. The Kier molecular flexibility index (Phi) is 6.95. The zero-order chi connectivity index (χ0) is 28.8. The van der Waals surface area contributed by atoms with E-state index in [0.29, 0.717) is 0 Å². The maximum Gasteiger partial charge on any atom is 0.102 e. The Morgan fingerprint density at radius 3 is 0.875 bits per heavy atom. The van der Waals surface area contributed by atoms with Crippen molar-refractivity contribution in [3.63, 3.8) is 0 Å². The van der Waals surface area contributed by atoms with E-state index < -0.39 is 0 Å². The summed E-state index contributed by atoms with van der Waals surface area (Å²) in [6.07, 6.45) is 0. The highest BCUT2D eigenvalue weighted by Crippen LogP contribution is 2.40. The number of rotatable bonds is 3. The summed E-state index contributed by atoms with van der Waals surface area (Å²) in [6, 6.07) is 28.6. The molecule has 0 aliphatic carbocycles. The molecule has 0 aliphatic rings. The van der Waals surface area contributed by atoms with Crippen molar-refractivity contribution in [3.05, 3.63) is 99.1 Å². The van der Waals surface area contributed by atoms with Crippen LogP contribution in [0, 0.1) is 90.6 Å². The van der Waals surface area contributed by atoms with Crippen LogP contribution < -0.4 is 0 Å². The van der Waals surface area contributed by atoms with E-state index in [1.807, 2.05) is 36.4 Å². The van der Waals surface area contributed by atoms with E-state index in [0.717, 1.165) is 0 Å². The lowest BCUT2D eigenvalue weighted by Crippen LogP contribution is -2.03. The fourth-order valence-corrected chi connectivity index (χ4v) is 4.20. The van der Waals surface area contributed by atoms with E-state index in [4.69, 9.17) is 0 Å². The highest BCUT2D eigenvalue weighted by Gasteiger charge is 2.25. The van der Waals surface area contributed by atoms with Gasteiger partial charge in [0.1, 0.15) is 12.1 Å². The minimum absolute atomic E-state index is 0.0156. The maximum absolute atomic E-state index is 10.3. The number of nitrogens with zero attached hydrogens (tertiary/aromatic N) is 9. The molecule has 0 bridgehead atoms. The Hall–Kier alpha value is -7.27. The zero-order valence-electron chi connectivity index (χ0n) is 20.2. The molecule has 0 atom stereocenters. The molecule has 0 saturated heterocycles. The number of nitriles is 8. The van der Waals surface area contributed by atoms with Crippen LogP contribution in [0.5, 0.6) is 0 Å². The summed E-state index contributed by atoms with van der Waals surface area (Å²) in [5, 5.41) is 77.9. The first-order valence-electron chi connectivity index (χ1n) is 11.2. The fourth-order valence-electron chi connectivity index (χ4n) is 4.20. The van der Waals surface area contributed by atoms with Gasteiger partial charge in [-0.15, -0.1) is 0 Å². The molecule has 40 heavy (non-hydrogen) atoms. The van der Waals surface area contributed by atoms with Gasteiger partial charge in [-0.25, -0.2) is 4.98 Å². The van der Waals surface area contributed by atoms with Crippen LogP contribution in [-0.2, 0) is 0 Å². The summed E-state index contributed by atoms with van der Waals surface area (Å²) in [5.41, 5.74) is 1.29. The van der Waals surface area contributed by atoms with Crippen molar-refractivity contribution in [2.45, 2.75) is 0 Å². The first kappa shape index (κ1) is 25.8. The van der Waals surface area contributed by atoms with E-state index in [9.17, 15) is 42.1 Å². The molecule has 0 unspecified atom stereocenters. The molecule has 1 heterocycles. The topological polar surface area (TPSA) is 203 Å². The van der Waals surface area contributed by atoms with Crippen LogP contribution in [0.15, 0.2) is 54.6 Å². The van der Waals surface area contributed by atoms with Crippen molar-refractivity contribution >= 4 is 0 Å². The second-order valence-electron chi connectivity index (χ2n) is 8.23. The normalized spacial score (nSPS) is 9.30. The summed E-state index contributed by atoms with van der Waals surface area (Å²) in [7, 11) is 0. The van der Waals surface area contributed by atoms with Gasteiger partial charge >= 0.3 is 0 Å². The molecule has 0 amide bonds. The fraction of sp³-hybridized carbons (Fsp3) is 0. The monoisotopic (exact) mass is 507 g/mol. The molecule has 178 valence electrons. The van der Waals surface area contributed by atoms with Gasteiger partial charge in [0.15, 0.2) is 0 Å². The third kappa shape index (κ3) is 4.61. The Labute approximate surface area is 228 Å². The molecule has 4 rings (SSSR count). The van der Waals surface area contributed by atoms with E-state index in [-0.39, 0.29) is 78.1 Å². The Morgan fingerprint density at radius 2 is 0.625 bits per heavy atom. The molecule has 0 spiro atoms. The molecule has 9 nitrogen and oxygen atoms in total. The summed E-state index contributed by atoms with van der Waals surface area (Å²) in [6.45, 7) is 0. The molecular weight excluding hydrogens is 498 g/mol. The molecule has 0 saturated carbocycles. The highest BCUT2D eigenvalue weighted by molar-refractivity contribution is 5.90. The lowest BCUT2D eigenvalue weighted by Gasteiger charge is -2.17. The first-order valence-corrected chi connectivity index (χ1v) is 11.2. The van der Waals surface area contributed by atoms with Crippen LogP contribution in [-0.4, -0.2) is 4.98 Å². The number of pyridine rings is 1. The SMILES string of the molecule is N#Cc1cc(C#N)cc(-c2nc(-c3cc(C#N)cc(C#N)c3)c(C#N)c(-c3cc(C#N)cc(C#N)c3)c2C#N)c1. The van der Waals surface area contributed by atoms with Gasteiger partial charge in [0.25, 0.3) is 0 Å². The van der Waals surface area contributed by atoms with E-state index in [1.165, 1.54) is 54.6 Å². The van der Waals surface area contributed by atoms with Crippen molar-refractivity contribution in [2.75, 3.05) is 0 Å². The summed E-state index contributed by atoms with van der Waals surface area (Å²) >= 11 is 0. The van der Waals surface area contributed by atoms with Gasteiger partial charge in [-0.1, -0.05) is 0 Å². The lowest BCUT2D eigenvalue weighted by atomic mass is 9.87. The quantitative estimate of drug-likeness (QED) is 0.363. The van der Waals surface area contributed by atoms with Gasteiger partial charge in [-0.2, -0.15) is 42.1 Å². The smallest absolute Gasteiger partial charge is 0.102 e. The first-order chi connectivity index (χ1) is 19.4. The molecule has 0 N–H and O–H groups in total. The van der Waals surface area contributed by atoms with Crippen LogP contribution >= 0.6 is 0 Å². The predicted octanol–water partition coefficient (Wildman–Crippen LogP) is 5.06. The van der Waals surface area contributed by atoms with Gasteiger partial charge < -0.3 is 0 Å². The number of hydrogen-bond acceptors (Lipinski definition) is 9. The summed E-state index contributed by atoms with van der Waals surface area (Å²) in [5.74, 6) is 0. The average Bonchev–Trinajstić information content (AvgIpc) is 3.02. The summed E-state index contributed by atoms with van der Waals surface area (Å²) in [4.78, 5) is 4.62. The number of aromatic nitrogens is 1. The van der Waals surface area contributed by atoms with Gasteiger partial charge in [0, 0.05) is 16.7 Å². The average molecular weight is 507 g/mol. The molecule has 0 fully saturated rings. The lowest BCUT2D eigenvalue weighted by molar-refractivity contribution is 1.27. The zero-order valence-corrected chi connectivity index (χ0v) is 20.2. The van der Waals surface area contributed by atoms with E-state index in [2.05, 4.69) is 17.1 Å².